The number of nitrogens with two attached hydrogens (primary N) is 1. The van der Waals surface area contributed by atoms with Crippen LogP contribution in [0.15, 0.2) is 24.3 Å². The first kappa shape index (κ1) is 14.3. The van der Waals surface area contributed by atoms with Crippen molar-refractivity contribution in [2.45, 2.75) is 19.0 Å². The Morgan fingerprint density at radius 1 is 1.16 bits per heavy atom. The lowest BCUT2D eigenvalue weighted by atomic mass is 9.91. The number of methoxy groups -OCH3 is 1. The van der Waals surface area contributed by atoms with E-state index in [1.165, 1.54) is 5.56 Å². The highest BCUT2D eigenvalue weighted by Crippen LogP contribution is 2.28. The van der Waals surface area contributed by atoms with Crippen LogP contribution in [0.2, 0.25) is 0 Å². The summed E-state index contributed by atoms with van der Waals surface area (Å²) in [6, 6.07) is 8.79. The van der Waals surface area contributed by atoms with Crippen molar-refractivity contribution in [3.05, 3.63) is 29.8 Å². The standard InChI is InChI=1S/C14H23N3O2/c1-10-13(9-15)16-17-14(10)11-3-5-12(6-4-11)19-8-7-18-2/h3-6,10,13-14,16-17H,7-9,15H2,1-2H3. The summed E-state index contributed by atoms with van der Waals surface area (Å²) in [5.74, 6) is 1.33. The number of benzene rings is 1. The first-order valence-corrected chi connectivity index (χ1v) is 6.69. The van der Waals surface area contributed by atoms with Gasteiger partial charge in [0, 0.05) is 19.7 Å². The number of rotatable bonds is 6. The van der Waals surface area contributed by atoms with Gasteiger partial charge < -0.3 is 15.2 Å². The average molecular weight is 265 g/mol. The van der Waals surface area contributed by atoms with Gasteiger partial charge in [0.1, 0.15) is 12.4 Å². The molecule has 19 heavy (non-hydrogen) atoms. The van der Waals surface area contributed by atoms with Gasteiger partial charge in [-0.1, -0.05) is 19.1 Å². The van der Waals surface area contributed by atoms with Crippen molar-refractivity contribution in [1.29, 1.82) is 0 Å². The van der Waals surface area contributed by atoms with Crippen LogP contribution in [0.1, 0.15) is 18.5 Å². The number of hydrazine groups is 1. The molecule has 5 nitrogen and oxygen atoms in total. The molecule has 1 aliphatic rings. The molecule has 1 saturated heterocycles. The highest BCUT2D eigenvalue weighted by molar-refractivity contribution is 5.30. The Morgan fingerprint density at radius 3 is 2.47 bits per heavy atom. The van der Waals surface area contributed by atoms with Crippen LogP contribution in [-0.4, -0.2) is 32.9 Å². The van der Waals surface area contributed by atoms with E-state index in [2.05, 4.69) is 29.9 Å². The minimum Gasteiger partial charge on any atom is -0.491 e. The zero-order valence-corrected chi connectivity index (χ0v) is 11.6. The summed E-state index contributed by atoms with van der Waals surface area (Å²) in [5, 5.41) is 0. The maximum atomic E-state index is 5.72. The summed E-state index contributed by atoms with van der Waals surface area (Å²) in [5.41, 5.74) is 13.5. The SMILES string of the molecule is COCCOc1ccc(C2NNC(CN)C2C)cc1. The molecule has 3 unspecified atom stereocenters. The molecule has 0 amide bonds. The Morgan fingerprint density at radius 2 is 1.89 bits per heavy atom. The second kappa shape index (κ2) is 6.86. The van der Waals surface area contributed by atoms with Gasteiger partial charge in [-0.3, -0.25) is 5.43 Å². The lowest BCUT2D eigenvalue weighted by molar-refractivity contribution is 0.146. The van der Waals surface area contributed by atoms with Crippen LogP contribution in [0, 0.1) is 5.92 Å². The largest absolute Gasteiger partial charge is 0.491 e. The van der Waals surface area contributed by atoms with Crippen molar-refractivity contribution in [3.63, 3.8) is 0 Å². The predicted octanol–water partition coefficient (Wildman–Crippen LogP) is 0.824. The van der Waals surface area contributed by atoms with Crippen molar-refractivity contribution < 1.29 is 9.47 Å². The third kappa shape index (κ3) is 3.45. The molecule has 0 spiro atoms. The molecule has 0 radical (unpaired) electrons. The maximum Gasteiger partial charge on any atom is 0.119 e. The molecule has 4 N–H and O–H groups in total. The highest BCUT2D eigenvalue weighted by atomic mass is 16.5. The van der Waals surface area contributed by atoms with Crippen molar-refractivity contribution in [3.8, 4) is 5.75 Å². The van der Waals surface area contributed by atoms with E-state index >= 15 is 0 Å². The fraction of sp³-hybridized carbons (Fsp3) is 0.571. The molecular weight excluding hydrogens is 242 g/mol. The van der Waals surface area contributed by atoms with Gasteiger partial charge in [-0.2, -0.15) is 0 Å². The topological polar surface area (TPSA) is 68.5 Å². The zero-order chi connectivity index (χ0) is 13.7. The molecule has 0 bridgehead atoms. The minimum atomic E-state index is 0.293. The van der Waals surface area contributed by atoms with E-state index < -0.39 is 0 Å². The van der Waals surface area contributed by atoms with E-state index in [9.17, 15) is 0 Å². The number of ether oxygens (including phenoxy) is 2. The van der Waals surface area contributed by atoms with Crippen molar-refractivity contribution in [1.82, 2.24) is 10.9 Å². The van der Waals surface area contributed by atoms with E-state index in [4.69, 9.17) is 15.2 Å². The molecule has 2 rings (SSSR count). The van der Waals surface area contributed by atoms with Gasteiger partial charge in [0.25, 0.3) is 0 Å². The maximum absolute atomic E-state index is 5.72. The lowest BCUT2D eigenvalue weighted by Gasteiger charge is -2.18. The van der Waals surface area contributed by atoms with Crippen LogP contribution in [0.25, 0.3) is 0 Å². The quantitative estimate of drug-likeness (QED) is 0.665. The Bertz CT molecular complexity index is 383. The second-order valence-electron chi connectivity index (χ2n) is 4.88. The Balaban J connectivity index is 1.95. The monoisotopic (exact) mass is 265 g/mol. The van der Waals surface area contributed by atoms with Crippen LogP contribution < -0.4 is 21.3 Å². The Labute approximate surface area is 114 Å². The summed E-state index contributed by atoms with van der Waals surface area (Å²) in [7, 11) is 1.67. The summed E-state index contributed by atoms with van der Waals surface area (Å²) in [6.07, 6.45) is 0. The molecule has 1 aromatic rings. The Hall–Kier alpha value is -1.14. The molecule has 5 heteroatoms. The normalized spacial score (nSPS) is 26.6. The number of hydrogen-bond acceptors (Lipinski definition) is 5. The first-order valence-electron chi connectivity index (χ1n) is 6.69. The van der Waals surface area contributed by atoms with Gasteiger partial charge in [-0.25, -0.2) is 5.43 Å². The first-order chi connectivity index (χ1) is 9.26. The van der Waals surface area contributed by atoms with E-state index in [-0.39, 0.29) is 0 Å². The van der Waals surface area contributed by atoms with Crippen molar-refractivity contribution in [2.24, 2.45) is 11.7 Å². The van der Waals surface area contributed by atoms with E-state index in [1.807, 2.05) is 12.1 Å². The highest BCUT2D eigenvalue weighted by Gasteiger charge is 2.32. The third-order valence-electron chi connectivity index (χ3n) is 3.63. The molecular formula is C14H23N3O2. The zero-order valence-electron chi connectivity index (χ0n) is 11.6. The second-order valence-corrected chi connectivity index (χ2v) is 4.88. The van der Waals surface area contributed by atoms with E-state index in [0.29, 0.717) is 37.8 Å². The third-order valence-corrected chi connectivity index (χ3v) is 3.63. The van der Waals surface area contributed by atoms with E-state index in [0.717, 1.165) is 5.75 Å². The van der Waals surface area contributed by atoms with Crippen LogP contribution in [0.4, 0.5) is 0 Å². The van der Waals surface area contributed by atoms with Gasteiger partial charge in [-0.15, -0.1) is 0 Å². The van der Waals surface area contributed by atoms with Crippen LogP contribution in [0.3, 0.4) is 0 Å². The van der Waals surface area contributed by atoms with E-state index in [1.54, 1.807) is 7.11 Å². The smallest absolute Gasteiger partial charge is 0.119 e. The summed E-state index contributed by atoms with van der Waals surface area (Å²) < 4.78 is 10.5. The van der Waals surface area contributed by atoms with Crippen LogP contribution in [-0.2, 0) is 4.74 Å². The van der Waals surface area contributed by atoms with Crippen molar-refractivity contribution in [2.75, 3.05) is 26.9 Å². The molecule has 1 aromatic carbocycles. The Kier molecular flexibility index (Phi) is 5.15. The molecule has 0 aromatic heterocycles. The summed E-state index contributed by atoms with van der Waals surface area (Å²) >= 11 is 0. The molecule has 106 valence electrons. The fourth-order valence-electron chi connectivity index (χ4n) is 2.37. The molecule has 1 aliphatic heterocycles. The van der Waals surface area contributed by atoms with Gasteiger partial charge in [-0.05, 0) is 23.6 Å². The average Bonchev–Trinajstić information content (AvgIpc) is 2.81. The van der Waals surface area contributed by atoms with Gasteiger partial charge in [0.05, 0.1) is 12.6 Å². The molecule has 0 aliphatic carbocycles. The molecule has 0 saturated carbocycles. The summed E-state index contributed by atoms with van der Waals surface area (Å²) in [4.78, 5) is 0. The van der Waals surface area contributed by atoms with Crippen molar-refractivity contribution >= 4 is 0 Å². The number of hydrogen-bond donors (Lipinski definition) is 3. The minimum absolute atomic E-state index is 0.293. The van der Waals surface area contributed by atoms with Gasteiger partial charge >= 0.3 is 0 Å². The molecule has 1 fully saturated rings. The predicted molar refractivity (Wildman–Crippen MR) is 74.8 cm³/mol. The van der Waals surface area contributed by atoms with Gasteiger partial charge in [0.2, 0.25) is 0 Å². The van der Waals surface area contributed by atoms with Crippen LogP contribution in [0.5, 0.6) is 5.75 Å². The molecule has 1 heterocycles. The summed E-state index contributed by atoms with van der Waals surface area (Å²) in [6.45, 7) is 4.02. The fourth-order valence-corrected chi connectivity index (χ4v) is 2.37. The molecule has 3 atom stereocenters. The number of nitrogens with one attached hydrogen (secondary N) is 2. The van der Waals surface area contributed by atoms with Crippen LogP contribution >= 0.6 is 0 Å². The lowest BCUT2D eigenvalue weighted by Crippen LogP contribution is -2.37. The van der Waals surface area contributed by atoms with Gasteiger partial charge in [0.15, 0.2) is 0 Å².